The Morgan fingerprint density at radius 3 is 2.38 bits per heavy atom. The minimum absolute atomic E-state index is 0.0554. The molecule has 0 spiro atoms. The first-order chi connectivity index (χ1) is 10.1. The van der Waals surface area contributed by atoms with Crippen molar-refractivity contribution < 1.29 is 4.79 Å². The highest BCUT2D eigenvalue weighted by atomic mass is 16.1. The zero-order valence-corrected chi connectivity index (χ0v) is 12.7. The van der Waals surface area contributed by atoms with Gasteiger partial charge in [0.25, 0.3) is 0 Å². The van der Waals surface area contributed by atoms with Gasteiger partial charge in [-0.25, -0.2) is 0 Å². The maximum Gasteiger partial charge on any atom is 0.217 e. The van der Waals surface area contributed by atoms with Gasteiger partial charge >= 0.3 is 0 Å². The molecule has 0 bridgehead atoms. The van der Waals surface area contributed by atoms with Crippen LogP contribution in [-0.2, 0) is 10.3 Å². The van der Waals surface area contributed by atoms with Crippen LogP contribution in [0.4, 0.5) is 0 Å². The number of nitrogens with zero attached hydrogens (tertiary/aromatic N) is 2. The van der Waals surface area contributed by atoms with Gasteiger partial charge in [-0.1, -0.05) is 30.3 Å². The highest BCUT2D eigenvalue weighted by Gasteiger charge is 2.39. The fraction of sp³-hybridized carbons (Fsp3) is 0.529. The van der Waals surface area contributed by atoms with E-state index < -0.39 is 0 Å². The van der Waals surface area contributed by atoms with Crippen LogP contribution >= 0.6 is 0 Å². The normalized spacial score (nSPS) is 23.5. The Hall–Kier alpha value is -1.39. The van der Waals surface area contributed by atoms with Crippen LogP contribution in [0, 0.1) is 7.05 Å². The number of hydrogen-bond donors (Lipinski definition) is 1. The number of nitrogens with one attached hydrogen (secondary N) is 1. The lowest BCUT2D eigenvalue weighted by Crippen LogP contribution is -2.61. The van der Waals surface area contributed by atoms with Crippen LogP contribution in [0.2, 0.25) is 0 Å². The lowest BCUT2D eigenvalue weighted by Gasteiger charge is -2.52. The zero-order valence-electron chi connectivity index (χ0n) is 12.7. The SMILES string of the molecule is [CH2-]N1CC(N2CCC(NC(C)=O)(c3ccccc3)CC2)C1. The highest BCUT2D eigenvalue weighted by molar-refractivity contribution is 5.74. The smallest absolute Gasteiger partial charge is 0.217 e. The summed E-state index contributed by atoms with van der Waals surface area (Å²) in [7, 11) is 3.95. The third kappa shape index (κ3) is 2.97. The van der Waals surface area contributed by atoms with E-state index >= 15 is 0 Å². The average molecular weight is 286 g/mol. The van der Waals surface area contributed by atoms with Gasteiger partial charge < -0.3 is 10.2 Å². The van der Waals surface area contributed by atoms with Crippen molar-refractivity contribution in [1.82, 2.24) is 15.1 Å². The molecule has 0 atom stereocenters. The number of piperidine rings is 1. The molecule has 2 fully saturated rings. The predicted octanol–water partition coefficient (Wildman–Crippen LogP) is 1.59. The molecule has 4 nitrogen and oxygen atoms in total. The lowest BCUT2D eigenvalue weighted by atomic mass is 9.80. The Kier molecular flexibility index (Phi) is 4.00. The third-order valence-corrected chi connectivity index (χ3v) is 4.85. The first-order valence-electron chi connectivity index (χ1n) is 7.73. The van der Waals surface area contributed by atoms with E-state index in [1.165, 1.54) is 5.56 Å². The minimum atomic E-state index is -0.197. The van der Waals surface area contributed by atoms with E-state index in [1.807, 2.05) is 6.07 Å². The van der Waals surface area contributed by atoms with Crippen LogP contribution in [0.25, 0.3) is 0 Å². The van der Waals surface area contributed by atoms with E-state index in [0.29, 0.717) is 6.04 Å². The monoisotopic (exact) mass is 286 g/mol. The Labute approximate surface area is 127 Å². The first kappa shape index (κ1) is 14.5. The maximum atomic E-state index is 11.7. The molecule has 1 N–H and O–H groups in total. The van der Waals surface area contributed by atoms with Crippen molar-refractivity contribution in [2.45, 2.75) is 31.3 Å². The maximum absolute atomic E-state index is 11.7. The van der Waals surface area contributed by atoms with Crippen LogP contribution in [0.3, 0.4) is 0 Å². The second-order valence-corrected chi connectivity index (χ2v) is 6.36. The summed E-state index contributed by atoms with van der Waals surface area (Å²) in [6.45, 7) is 5.82. The van der Waals surface area contributed by atoms with Gasteiger partial charge in [-0.15, -0.1) is 0 Å². The van der Waals surface area contributed by atoms with E-state index in [9.17, 15) is 4.79 Å². The van der Waals surface area contributed by atoms with E-state index in [-0.39, 0.29) is 11.4 Å². The molecule has 3 rings (SSSR count). The molecule has 114 valence electrons. The van der Waals surface area contributed by atoms with Gasteiger partial charge in [-0.3, -0.25) is 16.7 Å². The highest BCUT2D eigenvalue weighted by Crippen LogP contribution is 2.34. The molecule has 0 aromatic heterocycles. The van der Waals surface area contributed by atoms with Crippen LogP contribution in [-0.4, -0.2) is 47.9 Å². The molecule has 0 radical (unpaired) electrons. The molecule has 2 saturated heterocycles. The van der Waals surface area contributed by atoms with E-state index in [0.717, 1.165) is 39.0 Å². The summed E-state index contributed by atoms with van der Waals surface area (Å²) in [6, 6.07) is 11.0. The molecule has 2 heterocycles. The molecule has 2 aliphatic heterocycles. The Morgan fingerprint density at radius 2 is 1.86 bits per heavy atom. The van der Waals surface area contributed by atoms with Gasteiger partial charge in [0, 0.05) is 26.1 Å². The molecule has 21 heavy (non-hydrogen) atoms. The van der Waals surface area contributed by atoms with Gasteiger partial charge in [-0.05, 0) is 31.5 Å². The van der Waals surface area contributed by atoms with E-state index in [1.54, 1.807) is 6.92 Å². The second-order valence-electron chi connectivity index (χ2n) is 6.36. The van der Waals surface area contributed by atoms with Crippen molar-refractivity contribution in [3.63, 3.8) is 0 Å². The van der Waals surface area contributed by atoms with E-state index in [2.05, 4.69) is 46.4 Å². The molecule has 2 aliphatic rings. The summed E-state index contributed by atoms with van der Waals surface area (Å²) in [5.74, 6) is 0.0554. The van der Waals surface area contributed by atoms with Gasteiger partial charge in [-0.2, -0.15) is 0 Å². The molecule has 0 saturated carbocycles. The number of rotatable bonds is 3. The number of hydrogen-bond acceptors (Lipinski definition) is 3. The number of benzene rings is 1. The van der Waals surface area contributed by atoms with Crippen LogP contribution < -0.4 is 5.32 Å². The van der Waals surface area contributed by atoms with Crippen molar-refractivity contribution in [3.8, 4) is 0 Å². The summed E-state index contributed by atoms with van der Waals surface area (Å²) in [5, 5.41) is 3.23. The molecular formula is C17H24N3O-. The number of carbonyl (C=O) groups excluding carboxylic acids is 1. The summed E-state index contributed by atoms with van der Waals surface area (Å²) in [5.41, 5.74) is 1.03. The van der Waals surface area contributed by atoms with Crippen LogP contribution in [0.15, 0.2) is 30.3 Å². The molecule has 4 heteroatoms. The molecule has 1 aromatic carbocycles. The Morgan fingerprint density at radius 1 is 1.24 bits per heavy atom. The lowest BCUT2D eigenvalue weighted by molar-refractivity contribution is -0.122. The number of likely N-dealkylation sites (tertiary alicyclic amines) is 2. The van der Waals surface area contributed by atoms with Crippen molar-refractivity contribution in [2.75, 3.05) is 26.2 Å². The van der Waals surface area contributed by atoms with Crippen molar-refractivity contribution >= 4 is 5.91 Å². The van der Waals surface area contributed by atoms with Crippen molar-refractivity contribution in [2.24, 2.45) is 0 Å². The molecular weight excluding hydrogens is 262 g/mol. The molecule has 0 aliphatic carbocycles. The minimum Gasteiger partial charge on any atom is -0.457 e. The zero-order chi connectivity index (χ0) is 14.9. The second kappa shape index (κ2) is 5.78. The summed E-state index contributed by atoms with van der Waals surface area (Å²) >= 11 is 0. The van der Waals surface area contributed by atoms with Gasteiger partial charge in [0.15, 0.2) is 0 Å². The fourth-order valence-electron chi connectivity index (χ4n) is 3.62. The topological polar surface area (TPSA) is 35.6 Å². The van der Waals surface area contributed by atoms with Crippen LogP contribution in [0.5, 0.6) is 0 Å². The number of amides is 1. The largest absolute Gasteiger partial charge is 0.457 e. The summed E-state index contributed by atoms with van der Waals surface area (Å²) in [6.07, 6.45) is 1.95. The quantitative estimate of drug-likeness (QED) is 0.857. The summed E-state index contributed by atoms with van der Waals surface area (Å²) < 4.78 is 0. The van der Waals surface area contributed by atoms with Crippen molar-refractivity contribution in [1.29, 1.82) is 0 Å². The van der Waals surface area contributed by atoms with Crippen LogP contribution in [0.1, 0.15) is 25.3 Å². The first-order valence-corrected chi connectivity index (χ1v) is 7.73. The molecule has 1 amide bonds. The van der Waals surface area contributed by atoms with Gasteiger partial charge in [0.2, 0.25) is 5.91 Å². The molecule has 0 unspecified atom stereocenters. The fourth-order valence-corrected chi connectivity index (χ4v) is 3.62. The standard InChI is InChI=1S/C17H24N3O/c1-14(21)18-17(15-6-4-3-5-7-15)8-10-20(11-9-17)16-12-19(2)13-16/h3-7,16H,2,8-13H2,1H3,(H,18,21)/q-1. The average Bonchev–Trinajstić information content (AvgIpc) is 2.45. The summed E-state index contributed by atoms with van der Waals surface area (Å²) in [4.78, 5) is 16.3. The predicted molar refractivity (Wildman–Crippen MR) is 83.5 cm³/mol. The van der Waals surface area contributed by atoms with Crippen molar-refractivity contribution in [3.05, 3.63) is 42.9 Å². The van der Waals surface area contributed by atoms with Gasteiger partial charge in [0.05, 0.1) is 5.54 Å². The Balaban J connectivity index is 1.72. The number of carbonyl (C=O) groups is 1. The van der Waals surface area contributed by atoms with E-state index in [4.69, 9.17) is 0 Å². The molecule has 1 aromatic rings. The van der Waals surface area contributed by atoms with Gasteiger partial charge in [0.1, 0.15) is 0 Å². The Bertz CT molecular complexity index is 488. The third-order valence-electron chi connectivity index (χ3n) is 4.85.